The van der Waals surface area contributed by atoms with Crippen molar-refractivity contribution < 1.29 is 23.1 Å². The standard InChI is InChI=1S/C24H29F2N3O3/c1-3-19(16-6-8-17(9-7-16)22(25)26)27-23(30)18-13-20(29-11-12-32-14-21(18)29)24(31)28-10-4-5-15(28)2/h6-9,13,15,19,22H,3-5,10-12,14H2,1-2H3,(H,27,30)/t15-,19+/m0/s1. The first-order valence-corrected chi connectivity index (χ1v) is 11.2. The summed E-state index contributed by atoms with van der Waals surface area (Å²) in [7, 11) is 0. The molecule has 1 aromatic heterocycles. The van der Waals surface area contributed by atoms with Crippen LogP contribution in [0.25, 0.3) is 0 Å². The molecular weight excluding hydrogens is 416 g/mol. The van der Waals surface area contributed by atoms with Crippen LogP contribution in [0.2, 0.25) is 0 Å². The molecule has 0 spiro atoms. The van der Waals surface area contributed by atoms with E-state index in [9.17, 15) is 18.4 Å². The van der Waals surface area contributed by atoms with E-state index in [1.165, 1.54) is 12.1 Å². The Balaban J connectivity index is 1.59. The molecule has 2 aromatic rings. The van der Waals surface area contributed by atoms with Crippen molar-refractivity contribution in [1.29, 1.82) is 0 Å². The second kappa shape index (κ2) is 9.40. The predicted octanol–water partition coefficient (Wildman–Crippen LogP) is 4.46. The number of likely N-dealkylation sites (tertiary alicyclic amines) is 1. The van der Waals surface area contributed by atoms with Gasteiger partial charge in [0.2, 0.25) is 0 Å². The number of halogens is 2. The van der Waals surface area contributed by atoms with Crippen LogP contribution >= 0.6 is 0 Å². The van der Waals surface area contributed by atoms with Gasteiger partial charge in [-0.1, -0.05) is 31.2 Å². The van der Waals surface area contributed by atoms with Crippen LogP contribution in [0.15, 0.2) is 30.3 Å². The molecule has 1 N–H and O–H groups in total. The molecule has 172 valence electrons. The zero-order chi connectivity index (χ0) is 22.8. The number of carbonyl (C=O) groups excluding carboxylic acids is 2. The van der Waals surface area contributed by atoms with Gasteiger partial charge >= 0.3 is 0 Å². The van der Waals surface area contributed by atoms with Crippen molar-refractivity contribution in [2.75, 3.05) is 13.2 Å². The Kier molecular flexibility index (Phi) is 6.60. The minimum atomic E-state index is -2.53. The first kappa shape index (κ1) is 22.5. The van der Waals surface area contributed by atoms with Crippen LogP contribution < -0.4 is 5.32 Å². The monoisotopic (exact) mass is 445 g/mol. The molecule has 0 unspecified atom stereocenters. The van der Waals surface area contributed by atoms with Gasteiger partial charge in [-0.25, -0.2) is 8.78 Å². The summed E-state index contributed by atoms with van der Waals surface area (Å²) >= 11 is 0. The van der Waals surface area contributed by atoms with Gasteiger partial charge < -0.3 is 19.5 Å². The maximum Gasteiger partial charge on any atom is 0.270 e. The Morgan fingerprint density at radius 3 is 2.53 bits per heavy atom. The molecule has 0 saturated carbocycles. The van der Waals surface area contributed by atoms with E-state index in [2.05, 4.69) is 5.32 Å². The minimum absolute atomic E-state index is 0.0483. The Labute approximate surface area is 186 Å². The average Bonchev–Trinajstić information content (AvgIpc) is 3.41. The van der Waals surface area contributed by atoms with Crippen LogP contribution in [-0.4, -0.2) is 40.5 Å². The van der Waals surface area contributed by atoms with E-state index in [0.29, 0.717) is 36.5 Å². The third-order valence-electron chi connectivity index (χ3n) is 6.49. The first-order chi connectivity index (χ1) is 15.4. The van der Waals surface area contributed by atoms with Gasteiger partial charge in [0.05, 0.1) is 30.5 Å². The Bertz CT molecular complexity index is 987. The van der Waals surface area contributed by atoms with Crippen LogP contribution in [0.1, 0.15) is 83.2 Å². The topological polar surface area (TPSA) is 63.6 Å². The van der Waals surface area contributed by atoms with Crippen LogP contribution in [0.4, 0.5) is 8.78 Å². The van der Waals surface area contributed by atoms with Crippen LogP contribution in [0.5, 0.6) is 0 Å². The summed E-state index contributed by atoms with van der Waals surface area (Å²) in [5.74, 6) is -0.343. The van der Waals surface area contributed by atoms with E-state index in [1.54, 1.807) is 18.2 Å². The second-order valence-corrected chi connectivity index (χ2v) is 8.49. The molecule has 2 aliphatic heterocycles. The number of alkyl halides is 2. The molecule has 0 radical (unpaired) electrons. The van der Waals surface area contributed by atoms with Crippen molar-refractivity contribution in [3.63, 3.8) is 0 Å². The first-order valence-electron chi connectivity index (χ1n) is 11.2. The Morgan fingerprint density at radius 1 is 1.19 bits per heavy atom. The highest BCUT2D eigenvalue weighted by Crippen LogP contribution is 2.27. The van der Waals surface area contributed by atoms with Gasteiger partial charge in [-0.3, -0.25) is 9.59 Å². The lowest BCUT2D eigenvalue weighted by Crippen LogP contribution is -2.35. The highest BCUT2D eigenvalue weighted by molar-refractivity contribution is 6.01. The number of rotatable bonds is 6. The maximum absolute atomic E-state index is 13.2. The molecule has 1 saturated heterocycles. The number of ether oxygens (including phenoxy) is 1. The van der Waals surface area contributed by atoms with Crippen molar-refractivity contribution in [3.8, 4) is 0 Å². The largest absolute Gasteiger partial charge is 0.373 e. The van der Waals surface area contributed by atoms with Gasteiger partial charge in [0.1, 0.15) is 5.69 Å². The predicted molar refractivity (Wildman–Crippen MR) is 116 cm³/mol. The number of aromatic nitrogens is 1. The van der Waals surface area contributed by atoms with Crippen molar-refractivity contribution in [1.82, 2.24) is 14.8 Å². The normalized spacial score (nSPS) is 19.2. The summed E-state index contributed by atoms with van der Waals surface area (Å²) in [6.07, 6.45) is 0.0436. The lowest BCUT2D eigenvalue weighted by Gasteiger charge is -2.24. The lowest BCUT2D eigenvalue weighted by molar-refractivity contribution is 0.0683. The number of fused-ring (bicyclic) bond motifs is 1. The molecule has 4 rings (SSSR count). The van der Waals surface area contributed by atoms with E-state index >= 15 is 0 Å². The van der Waals surface area contributed by atoms with E-state index in [4.69, 9.17) is 4.74 Å². The van der Waals surface area contributed by atoms with E-state index in [0.717, 1.165) is 24.9 Å². The van der Waals surface area contributed by atoms with E-state index < -0.39 is 6.43 Å². The SMILES string of the molecule is CC[C@@H](NC(=O)c1cc(C(=O)N2CCC[C@@H]2C)n2c1COCC2)c1ccc(C(F)F)cc1. The van der Waals surface area contributed by atoms with Crippen LogP contribution in [0.3, 0.4) is 0 Å². The van der Waals surface area contributed by atoms with Gasteiger partial charge in [0, 0.05) is 24.7 Å². The third-order valence-corrected chi connectivity index (χ3v) is 6.49. The average molecular weight is 446 g/mol. The molecule has 0 bridgehead atoms. The molecular formula is C24H29F2N3O3. The third kappa shape index (κ3) is 4.28. The molecule has 32 heavy (non-hydrogen) atoms. The van der Waals surface area contributed by atoms with E-state index in [-0.39, 0.29) is 36.1 Å². The zero-order valence-corrected chi connectivity index (χ0v) is 18.4. The maximum atomic E-state index is 13.2. The van der Waals surface area contributed by atoms with Gasteiger partial charge in [-0.05, 0) is 37.8 Å². The Hall–Kier alpha value is -2.74. The molecule has 1 aromatic carbocycles. The quantitative estimate of drug-likeness (QED) is 0.714. The summed E-state index contributed by atoms with van der Waals surface area (Å²) in [5.41, 5.74) is 2.37. The second-order valence-electron chi connectivity index (χ2n) is 8.49. The summed E-state index contributed by atoms with van der Waals surface area (Å²) in [6, 6.07) is 7.56. The fourth-order valence-corrected chi connectivity index (χ4v) is 4.61. The summed E-state index contributed by atoms with van der Waals surface area (Å²) in [6.45, 7) is 5.99. The number of nitrogens with one attached hydrogen (secondary N) is 1. The van der Waals surface area contributed by atoms with Crippen LogP contribution in [-0.2, 0) is 17.9 Å². The van der Waals surface area contributed by atoms with Gasteiger partial charge in [0.25, 0.3) is 18.2 Å². The van der Waals surface area contributed by atoms with Crippen molar-refractivity contribution >= 4 is 11.8 Å². The molecule has 0 aliphatic carbocycles. The minimum Gasteiger partial charge on any atom is -0.373 e. The smallest absolute Gasteiger partial charge is 0.270 e. The molecule has 2 atom stereocenters. The molecule has 8 heteroatoms. The lowest BCUT2D eigenvalue weighted by atomic mass is 10.0. The molecule has 2 amide bonds. The number of nitrogens with zero attached hydrogens (tertiary/aromatic N) is 2. The van der Waals surface area contributed by atoms with E-state index in [1.807, 2.05) is 23.3 Å². The Morgan fingerprint density at radius 2 is 1.91 bits per heavy atom. The fourth-order valence-electron chi connectivity index (χ4n) is 4.61. The van der Waals surface area contributed by atoms with Crippen LogP contribution in [0, 0.1) is 0 Å². The number of carbonyl (C=O) groups is 2. The van der Waals surface area contributed by atoms with Crippen molar-refractivity contribution in [3.05, 3.63) is 58.4 Å². The van der Waals surface area contributed by atoms with Gasteiger partial charge in [-0.2, -0.15) is 0 Å². The molecule has 2 aliphatic rings. The fraction of sp³-hybridized carbons (Fsp3) is 0.500. The number of hydrogen-bond acceptors (Lipinski definition) is 3. The van der Waals surface area contributed by atoms with Gasteiger partial charge in [0.15, 0.2) is 0 Å². The summed E-state index contributed by atoms with van der Waals surface area (Å²) < 4.78 is 33.2. The number of hydrogen-bond donors (Lipinski definition) is 1. The highest BCUT2D eigenvalue weighted by atomic mass is 19.3. The zero-order valence-electron chi connectivity index (χ0n) is 18.4. The molecule has 1 fully saturated rings. The van der Waals surface area contributed by atoms with Crippen molar-refractivity contribution in [2.24, 2.45) is 0 Å². The number of amides is 2. The molecule has 3 heterocycles. The van der Waals surface area contributed by atoms with Gasteiger partial charge in [-0.15, -0.1) is 0 Å². The summed E-state index contributed by atoms with van der Waals surface area (Å²) in [4.78, 5) is 28.3. The molecule has 6 nitrogen and oxygen atoms in total. The number of benzene rings is 1. The van der Waals surface area contributed by atoms with Crippen molar-refractivity contribution in [2.45, 2.75) is 64.8 Å². The highest BCUT2D eigenvalue weighted by Gasteiger charge is 2.32. The summed E-state index contributed by atoms with van der Waals surface area (Å²) in [5, 5.41) is 3.01.